The Balaban J connectivity index is 2.08. The zero-order chi connectivity index (χ0) is 14.9. The normalized spacial score (nSPS) is 28.4. The molecule has 1 N–H and O–H groups in total. The lowest BCUT2D eigenvalue weighted by atomic mass is 9.80. The Labute approximate surface area is 125 Å². The molecule has 0 saturated heterocycles. The third kappa shape index (κ3) is 3.63. The summed E-state index contributed by atoms with van der Waals surface area (Å²) >= 11 is 0. The van der Waals surface area contributed by atoms with Gasteiger partial charge in [0.2, 0.25) is 0 Å². The van der Waals surface area contributed by atoms with Crippen molar-refractivity contribution >= 4 is 0 Å². The first-order valence-electron chi connectivity index (χ1n) is 8.20. The quantitative estimate of drug-likeness (QED) is 0.809. The van der Waals surface area contributed by atoms with Gasteiger partial charge in [0.1, 0.15) is 0 Å². The topological polar surface area (TPSA) is 12.0 Å². The molecule has 20 heavy (non-hydrogen) atoms. The Morgan fingerprint density at radius 1 is 0.900 bits per heavy atom. The van der Waals surface area contributed by atoms with E-state index >= 15 is 0 Å². The predicted molar refractivity (Wildman–Crippen MR) is 88.2 cm³/mol. The van der Waals surface area contributed by atoms with Gasteiger partial charge >= 0.3 is 0 Å². The summed E-state index contributed by atoms with van der Waals surface area (Å²) < 4.78 is 0. The van der Waals surface area contributed by atoms with Gasteiger partial charge < -0.3 is 5.32 Å². The second-order valence-corrected chi connectivity index (χ2v) is 7.30. The molecule has 0 aliphatic heterocycles. The molecule has 1 saturated carbocycles. The van der Waals surface area contributed by atoms with Crippen molar-refractivity contribution in [1.29, 1.82) is 0 Å². The van der Waals surface area contributed by atoms with Crippen molar-refractivity contribution in [3.63, 3.8) is 0 Å². The number of rotatable bonds is 3. The van der Waals surface area contributed by atoms with Gasteiger partial charge in [0.05, 0.1) is 0 Å². The zero-order valence-corrected chi connectivity index (χ0v) is 14.1. The Kier molecular flexibility index (Phi) is 4.90. The molecule has 1 fully saturated rings. The predicted octanol–water partition coefficient (Wildman–Crippen LogP) is 5.09. The van der Waals surface area contributed by atoms with E-state index in [4.69, 9.17) is 0 Å². The van der Waals surface area contributed by atoms with Crippen molar-refractivity contribution in [2.24, 2.45) is 11.8 Å². The molecule has 0 aromatic heterocycles. The number of aryl methyl sites for hydroxylation is 3. The van der Waals surface area contributed by atoms with Gasteiger partial charge in [-0.05, 0) is 81.0 Å². The fourth-order valence-corrected chi connectivity index (χ4v) is 3.98. The van der Waals surface area contributed by atoms with E-state index in [-0.39, 0.29) is 0 Å². The third-order valence-corrected chi connectivity index (χ3v) is 5.01. The lowest BCUT2D eigenvalue weighted by molar-refractivity contribution is 0.228. The van der Waals surface area contributed by atoms with Gasteiger partial charge in [0.15, 0.2) is 0 Å². The highest BCUT2D eigenvalue weighted by molar-refractivity contribution is 5.38. The summed E-state index contributed by atoms with van der Waals surface area (Å²) in [6.45, 7) is 13.8. The molecule has 1 nitrogen and oxygen atoms in total. The minimum atomic E-state index is 0.455. The van der Waals surface area contributed by atoms with Gasteiger partial charge in [-0.25, -0.2) is 0 Å². The fraction of sp³-hybridized carbons (Fsp3) is 0.684. The second kappa shape index (κ2) is 6.30. The van der Waals surface area contributed by atoms with Crippen LogP contribution in [0, 0.1) is 32.6 Å². The molecule has 1 aliphatic rings. The van der Waals surface area contributed by atoms with Gasteiger partial charge in [0.25, 0.3) is 0 Å². The maximum absolute atomic E-state index is 3.88. The maximum atomic E-state index is 3.88. The third-order valence-electron chi connectivity index (χ3n) is 5.01. The Hall–Kier alpha value is -0.820. The fourth-order valence-electron chi connectivity index (χ4n) is 3.98. The van der Waals surface area contributed by atoms with Crippen molar-refractivity contribution in [2.45, 2.75) is 72.9 Å². The van der Waals surface area contributed by atoms with E-state index < -0.39 is 0 Å². The molecule has 1 aromatic carbocycles. The average molecular weight is 273 g/mol. The first-order chi connectivity index (χ1) is 9.36. The molecule has 1 aromatic rings. The zero-order valence-electron chi connectivity index (χ0n) is 14.1. The van der Waals surface area contributed by atoms with Crippen molar-refractivity contribution in [3.8, 4) is 0 Å². The molecule has 112 valence electrons. The van der Waals surface area contributed by atoms with Gasteiger partial charge in [-0.3, -0.25) is 0 Å². The summed E-state index contributed by atoms with van der Waals surface area (Å²) in [4.78, 5) is 0. The summed E-state index contributed by atoms with van der Waals surface area (Å²) in [5.74, 6) is 1.73. The number of benzene rings is 1. The molecular weight excluding hydrogens is 242 g/mol. The minimum absolute atomic E-state index is 0.455. The van der Waals surface area contributed by atoms with E-state index in [1.54, 1.807) is 0 Å². The van der Waals surface area contributed by atoms with Crippen LogP contribution < -0.4 is 5.32 Å². The van der Waals surface area contributed by atoms with Crippen LogP contribution in [0.25, 0.3) is 0 Å². The Bertz CT molecular complexity index is 453. The summed E-state index contributed by atoms with van der Waals surface area (Å²) in [6, 6.07) is 5.84. The highest BCUT2D eigenvalue weighted by Crippen LogP contribution is 2.30. The highest BCUT2D eigenvalue weighted by Gasteiger charge is 2.25. The Morgan fingerprint density at radius 3 is 2.05 bits per heavy atom. The van der Waals surface area contributed by atoms with E-state index in [1.165, 1.54) is 41.5 Å². The van der Waals surface area contributed by atoms with Gasteiger partial charge in [-0.1, -0.05) is 26.0 Å². The van der Waals surface area contributed by atoms with Crippen LogP contribution in [0.1, 0.15) is 68.3 Å². The monoisotopic (exact) mass is 273 g/mol. The van der Waals surface area contributed by atoms with E-state index in [1.807, 2.05) is 0 Å². The van der Waals surface area contributed by atoms with Crippen LogP contribution >= 0.6 is 0 Å². The van der Waals surface area contributed by atoms with E-state index in [9.17, 15) is 0 Å². The average Bonchev–Trinajstić information content (AvgIpc) is 2.32. The highest BCUT2D eigenvalue weighted by atomic mass is 14.9. The molecule has 3 atom stereocenters. The molecule has 0 bridgehead atoms. The molecule has 1 aliphatic carbocycles. The largest absolute Gasteiger partial charge is 0.307 e. The summed E-state index contributed by atoms with van der Waals surface area (Å²) in [7, 11) is 0. The maximum Gasteiger partial charge on any atom is 0.0297 e. The molecule has 0 spiro atoms. The molecule has 0 heterocycles. The summed E-state index contributed by atoms with van der Waals surface area (Å²) in [5.41, 5.74) is 5.70. The van der Waals surface area contributed by atoms with E-state index in [0.717, 1.165) is 11.8 Å². The van der Waals surface area contributed by atoms with E-state index in [2.05, 4.69) is 59.0 Å². The van der Waals surface area contributed by atoms with E-state index in [0.29, 0.717) is 12.1 Å². The standard InChI is InChI=1S/C19H31N/c1-12-7-13(2)9-18(8-12)20-17(6)19-11-15(4)14(3)10-16(19)5/h10-13,17-18,20H,7-9H2,1-6H3. The van der Waals surface area contributed by atoms with Crippen LogP contribution in [0.15, 0.2) is 12.1 Å². The molecule has 2 rings (SSSR count). The number of hydrogen-bond acceptors (Lipinski definition) is 1. The van der Waals surface area contributed by atoms with Crippen LogP contribution in [-0.4, -0.2) is 6.04 Å². The molecule has 0 radical (unpaired) electrons. The smallest absolute Gasteiger partial charge is 0.0297 e. The lowest BCUT2D eigenvalue weighted by Gasteiger charge is -2.34. The number of nitrogens with one attached hydrogen (secondary N) is 1. The van der Waals surface area contributed by atoms with Crippen LogP contribution in [-0.2, 0) is 0 Å². The van der Waals surface area contributed by atoms with Crippen molar-refractivity contribution in [2.75, 3.05) is 0 Å². The molecule has 1 heteroatoms. The summed E-state index contributed by atoms with van der Waals surface area (Å²) in [5, 5.41) is 3.88. The molecule has 0 amide bonds. The minimum Gasteiger partial charge on any atom is -0.307 e. The van der Waals surface area contributed by atoms with Crippen LogP contribution in [0.3, 0.4) is 0 Å². The Morgan fingerprint density at radius 2 is 1.45 bits per heavy atom. The first kappa shape index (κ1) is 15.6. The van der Waals surface area contributed by atoms with Crippen LogP contribution in [0.4, 0.5) is 0 Å². The molecular formula is C19H31N. The first-order valence-corrected chi connectivity index (χ1v) is 8.20. The molecule has 3 unspecified atom stereocenters. The van der Waals surface area contributed by atoms with Gasteiger partial charge in [-0.15, -0.1) is 0 Å². The van der Waals surface area contributed by atoms with Crippen LogP contribution in [0.5, 0.6) is 0 Å². The van der Waals surface area contributed by atoms with Gasteiger partial charge in [-0.2, -0.15) is 0 Å². The SMILES string of the molecule is Cc1cc(C)c(C(C)NC2CC(C)CC(C)C2)cc1C. The van der Waals surface area contributed by atoms with Gasteiger partial charge in [0, 0.05) is 12.1 Å². The lowest BCUT2D eigenvalue weighted by Crippen LogP contribution is -2.38. The van der Waals surface area contributed by atoms with Crippen LogP contribution in [0.2, 0.25) is 0 Å². The number of hydrogen-bond donors (Lipinski definition) is 1. The second-order valence-electron chi connectivity index (χ2n) is 7.30. The summed E-state index contributed by atoms with van der Waals surface area (Å²) in [6.07, 6.45) is 4.06. The van der Waals surface area contributed by atoms with Crippen molar-refractivity contribution in [1.82, 2.24) is 5.32 Å². The van der Waals surface area contributed by atoms with Crippen molar-refractivity contribution < 1.29 is 0 Å². The van der Waals surface area contributed by atoms with Crippen molar-refractivity contribution in [3.05, 3.63) is 34.4 Å².